The van der Waals surface area contributed by atoms with Gasteiger partial charge in [0.2, 0.25) is 11.8 Å². The molecule has 0 saturated heterocycles. The van der Waals surface area contributed by atoms with E-state index in [2.05, 4.69) is 21.2 Å². The van der Waals surface area contributed by atoms with Gasteiger partial charge in [-0.3, -0.25) is 9.59 Å². The topological polar surface area (TPSA) is 58.6 Å². The summed E-state index contributed by atoms with van der Waals surface area (Å²) in [7, 11) is 0. The summed E-state index contributed by atoms with van der Waals surface area (Å²) in [6.07, 6.45) is 3.57. The van der Waals surface area contributed by atoms with E-state index in [9.17, 15) is 14.0 Å². The summed E-state index contributed by atoms with van der Waals surface area (Å²) in [6.45, 7) is 3.63. The maximum atomic E-state index is 13.8. The molecule has 5 nitrogen and oxygen atoms in total. The number of rotatable bonds is 5. The van der Waals surface area contributed by atoms with Gasteiger partial charge >= 0.3 is 0 Å². The smallest absolute Gasteiger partial charge is 0.226 e. The van der Waals surface area contributed by atoms with Crippen molar-refractivity contribution in [2.75, 3.05) is 11.9 Å². The Hall–Kier alpha value is -2.67. The molecule has 0 aromatic heterocycles. The molecule has 2 amide bonds. The monoisotopic (exact) mass is 446 g/mol. The third kappa shape index (κ3) is 4.25. The van der Waals surface area contributed by atoms with Crippen molar-refractivity contribution in [3.63, 3.8) is 0 Å². The molecule has 1 aliphatic rings. The molecule has 1 aliphatic heterocycles. The average molecular weight is 447 g/mol. The molecule has 1 atom stereocenters. The predicted octanol–water partition coefficient (Wildman–Crippen LogP) is 4.89. The minimum atomic E-state index is -0.498. The quantitative estimate of drug-likeness (QED) is 0.710. The molecule has 0 unspecified atom stereocenters. The summed E-state index contributed by atoms with van der Waals surface area (Å²) >= 11 is 3.26. The van der Waals surface area contributed by atoms with Gasteiger partial charge < -0.3 is 15.0 Å². The Kier molecular flexibility index (Phi) is 6.14. The SMILES string of the molecule is CCOc1c(Br)cc(F)cc1NC(=O)C[C@@H]1c2ccccc2C=CN1C(C)=O. The van der Waals surface area contributed by atoms with Gasteiger partial charge in [0.1, 0.15) is 5.82 Å². The number of anilines is 1. The fraction of sp³-hybridized carbons (Fsp3) is 0.238. The van der Waals surface area contributed by atoms with Crippen LogP contribution in [0.15, 0.2) is 47.1 Å². The van der Waals surface area contributed by atoms with E-state index in [1.54, 1.807) is 13.1 Å². The number of nitrogens with zero attached hydrogens (tertiary/aromatic N) is 1. The normalized spacial score (nSPS) is 15.1. The van der Waals surface area contributed by atoms with Gasteiger partial charge in [-0.2, -0.15) is 0 Å². The van der Waals surface area contributed by atoms with E-state index in [1.165, 1.54) is 24.0 Å². The third-order valence-electron chi connectivity index (χ3n) is 4.42. The van der Waals surface area contributed by atoms with Crippen LogP contribution in [0.4, 0.5) is 10.1 Å². The number of hydrogen-bond acceptors (Lipinski definition) is 3. The highest BCUT2D eigenvalue weighted by atomic mass is 79.9. The molecular weight excluding hydrogens is 427 g/mol. The fourth-order valence-electron chi connectivity index (χ4n) is 3.23. The molecule has 3 rings (SSSR count). The summed E-state index contributed by atoms with van der Waals surface area (Å²) in [5, 5.41) is 2.72. The minimum absolute atomic E-state index is 0.0284. The maximum absolute atomic E-state index is 13.8. The van der Waals surface area contributed by atoms with Crippen molar-refractivity contribution < 1.29 is 18.7 Å². The highest BCUT2D eigenvalue weighted by Gasteiger charge is 2.28. The van der Waals surface area contributed by atoms with E-state index in [1.807, 2.05) is 30.3 Å². The van der Waals surface area contributed by atoms with E-state index in [0.29, 0.717) is 16.8 Å². The second-order valence-electron chi connectivity index (χ2n) is 6.34. The lowest BCUT2D eigenvalue weighted by atomic mass is 9.93. The predicted molar refractivity (Wildman–Crippen MR) is 109 cm³/mol. The molecule has 2 aromatic carbocycles. The molecule has 0 radical (unpaired) electrons. The van der Waals surface area contributed by atoms with Crippen molar-refractivity contribution in [2.24, 2.45) is 0 Å². The highest BCUT2D eigenvalue weighted by Crippen LogP contribution is 2.36. The molecule has 28 heavy (non-hydrogen) atoms. The fourth-order valence-corrected chi connectivity index (χ4v) is 3.78. The van der Waals surface area contributed by atoms with Crippen LogP contribution in [-0.2, 0) is 9.59 Å². The molecule has 1 N–H and O–H groups in total. The van der Waals surface area contributed by atoms with Gasteiger partial charge in [-0.1, -0.05) is 24.3 Å². The summed E-state index contributed by atoms with van der Waals surface area (Å²) in [6, 6.07) is 9.67. The largest absolute Gasteiger partial charge is 0.491 e. The molecular formula is C21H20BrFN2O3. The molecule has 0 bridgehead atoms. The Morgan fingerprint density at radius 3 is 2.75 bits per heavy atom. The highest BCUT2D eigenvalue weighted by molar-refractivity contribution is 9.10. The van der Waals surface area contributed by atoms with Crippen LogP contribution in [0.1, 0.15) is 37.4 Å². The molecule has 7 heteroatoms. The second kappa shape index (κ2) is 8.56. The molecule has 0 aliphatic carbocycles. The first-order valence-corrected chi connectivity index (χ1v) is 9.67. The van der Waals surface area contributed by atoms with E-state index < -0.39 is 11.9 Å². The van der Waals surface area contributed by atoms with Crippen LogP contribution in [-0.4, -0.2) is 23.3 Å². The Morgan fingerprint density at radius 2 is 2.04 bits per heavy atom. The maximum Gasteiger partial charge on any atom is 0.226 e. The van der Waals surface area contributed by atoms with Gasteiger partial charge in [0, 0.05) is 19.2 Å². The lowest BCUT2D eigenvalue weighted by Gasteiger charge is -2.32. The summed E-state index contributed by atoms with van der Waals surface area (Å²) in [5.41, 5.74) is 2.09. The minimum Gasteiger partial charge on any atom is -0.491 e. The lowest BCUT2D eigenvalue weighted by molar-refractivity contribution is -0.129. The number of halogens is 2. The van der Waals surface area contributed by atoms with Crippen molar-refractivity contribution >= 4 is 39.5 Å². The number of carbonyl (C=O) groups is 2. The van der Waals surface area contributed by atoms with Crippen molar-refractivity contribution in [3.8, 4) is 5.75 Å². The molecule has 0 spiro atoms. The summed E-state index contributed by atoms with van der Waals surface area (Å²) in [4.78, 5) is 26.4. The Morgan fingerprint density at radius 1 is 1.29 bits per heavy atom. The van der Waals surface area contributed by atoms with Crippen LogP contribution in [0.5, 0.6) is 5.75 Å². The van der Waals surface area contributed by atoms with E-state index in [-0.39, 0.29) is 23.9 Å². The van der Waals surface area contributed by atoms with Crippen molar-refractivity contribution in [1.29, 1.82) is 0 Å². The van der Waals surface area contributed by atoms with Gasteiger partial charge in [-0.15, -0.1) is 0 Å². The average Bonchev–Trinajstić information content (AvgIpc) is 2.64. The number of carbonyl (C=O) groups excluding carboxylic acids is 2. The van der Waals surface area contributed by atoms with Crippen LogP contribution >= 0.6 is 15.9 Å². The van der Waals surface area contributed by atoms with Crippen molar-refractivity contribution in [2.45, 2.75) is 26.3 Å². The Labute approximate surface area is 171 Å². The molecule has 146 valence electrons. The number of hydrogen-bond donors (Lipinski definition) is 1. The van der Waals surface area contributed by atoms with Crippen LogP contribution in [0.2, 0.25) is 0 Å². The molecule has 2 aromatic rings. The van der Waals surface area contributed by atoms with E-state index >= 15 is 0 Å². The lowest BCUT2D eigenvalue weighted by Crippen LogP contribution is -2.33. The second-order valence-corrected chi connectivity index (χ2v) is 7.19. The number of fused-ring (bicyclic) bond motifs is 1. The summed E-state index contributed by atoms with van der Waals surface area (Å²) < 4.78 is 19.8. The summed E-state index contributed by atoms with van der Waals surface area (Å²) in [5.74, 6) is -0.640. The van der Waals surface area contributed by atoms with Gasteiger partial charge in [0.25, 0.3) is 0 Å². The first kappa shape index (κ1) is 20.1. The number of nitrogens with one attached hydrogen (secondary N) is 1. The molecule has 0 saturated carbocycles. The van der Waals surface area contributed by atoms with Gasteiger partial charge in [-0.05, 0) is 46.1 Å². The van der Waals surface area contributed by atoms with Gasteiger partial charge in [-0.25, -0.2) is 4.39 Å². The van der Waals surface area contributed by atoms with Crippen molar-refractivity contribution in [3.05, 3.63) is 64.0 Å². The van der Waals surface area contributed by atoms with Gasteiger partial charge in [0.05, 0.1) is 29.2 Å². The zero-order valence-corrected chi connectivity index (χ0v) is 17.1. The first-order valence-electron chi connectivity index (χ1n) is 8.88. The standard InChI is InChI=1S/C21H20BrFN2O3/c1-3-28-21-17(22)10-15(23)11-18(21)24-20(27)12-19-16-7-5-4-6-14(16)8-9-25(19)13(2)26/h4-11,19H,3,12H2,1-2H3,(H,24,27)/t19-/m1/s1. The van der Waals surface area contributed by atoms with Crippen molar-refractivity contribution in [1.82, 2.24) is 4.90 Å². The van der Waals surface area contributed by atoms with E-state index in [4.69, 9.17) is 4.74 Å². The third-order valence-corrected chi connectivity index (χ3v) is 5.01. The number of benzene rings is 2. The molecule has 1 heterocycles. The van der Waals surface area contributed by atoms with E-state index in [0.717, 1.165) is 11.1 Å². The number of ether oxygens (including phenoxy) is 1. The zero-order chi connectivity index (χ0) is 20.3. The number of amides is 2. The first-order chi connectivity index (χ1) is 13.4. The Balaban J connectivity index is 1.86. The molecule has 0 fully saturated rings. The van der Waals surface area contributed by atoms with Crippen LogP contribution in [0.25, 0.3) is 6.08 Å². The Bertz CT molecular complexity index is 945. The van der Waals surface area contributed by atoms with Crippen LogP contribution in [0.3, 0.4) is 0 Å². The van der Waals surface area contributed by atoms with Crippen LogP contribution < -0.4 is 10.1 Å². The van der Waals surface area contributed by atoms with Crippen LogP contribution in [0, 0.1) is 5.82 Å². The van der Waals surface area contributed by atoms with Gasteiger partial charge in [0.15, 0.2) is 5.75 Å². The zero-order valence-electron chi connectivity index (χ0n) is 15.5.